The predicted molar refractivity (Wildman–Crippen MR) is 77.8 cm³/mol. The van der Waals surface area contributed by atoms with E-state index in [1.165, 1.54) is 0 Å². The Labute approximate surface area is 122 Å². The van der Waals surface area contributed by atoms with Crippen LogP contribution in [-0.2, 0) is 16.6 Å². The first kappa shape index (κ1) is 15.1. The molecular formula is C13H15N3O4S. The van der Waals surface area contributed by atoms with Crippen LogP contribution in [0.4, 0.5) is 5.69 Å². The van der Waals surface area contributed by atoms with E-state index in [0.29, 0.717) is 12.2 Å². The van der Waals surface area contributed by atoms with Crippen LogP contribution in [0.1, 0.15) is 16.1 Å². The molecule has 21 heavy (non-hydrogen) atoms. The van der Waals surface area contributed by atoms with Gasteiger partial charge < -0.3 is 15.4 Å². The van der Waals surface area contributed by atoms with Gasteiger partial charge in [0, 0.05) is 12.7 Å². The first-order chi connectivity index (χ1) is 9.94. The number of anilines is 1. The number of nitrogens with one attached hydrogen (secondary N) is 3. The SMILES string of the molecule is CNCc1ccccc1NS(=O)(=O)c1c[nH]c(C(=O)O)c1. The molecule has 0 bridgehead atoms. The molecule has 2 aromatic rings. The third-order valence-electron chi connectivity index (χ3n) is 2.83. The van der Waals surface area contributed by atoms with Gasteiger partial charge in [0.25, 0.3) is 10.0 Å². The largest absolute Gasteiger partial charge is 0.477 e. The highest BCUT2D eigenvalue weighted by Gasteiger charge is 2.19. The molecule has 0 saturated heterocycles. The maximum atomic E-state index is 12.2. The minimum atomic E-state index is -3.84. The number of aromatic amines is 1. The van der Waals surface area contributed by atoms with E-state index in [4.69, 9.17) is 5.11 Å². The van der Waals surface area contributed by atoms with E-state index in [-0.39, 0.29) is 10.6 Å². The third-order valence-corrected chi connectivity index (χ3v) is 4.17. The number of rotatable bonds is 6. The second-order valence-electron chi connectivity index (χ2n) is 4.35. The van der Waals surface area contributed by atoms with E-state index >= 15 is 0 Å². The fraction of sp³-hybridized carbons (Fsp3) is 0.154. The molecule has 112 valence electrons. The Hall–Kier alpha value is -2.32. The van der Waals surface area contributed by atoms with Crippen LogP contribution in [0.2, 0.25) is 0 Å². The van der Waals surface area contributed by atoms with Gasteiger partial charge in [0.1, 0.15) is 10.6 Å². The van der Waals surface area contributed by atoms with Crippen LogP contribution in [0, 0.1) is 0 Å². The summed E-state index contributed by atoms with van der Waals surface area (Å²) in [5.74, 6) is -1.22. The Morgan fingerprint density at radius 1 is 1.33 bits per heavy atom. The lowest BCUT2D eigenvalue weighted by Crippen LogP contribution is -2.15. The molecule has 0 atom stereocenters. The molecule has 0 spiro atoms. The average Bonchev–Trinajstić information content (AvgIpc) is 2.92. The smallest absolute Gasteiger partial charge is 0.352 e. The summed E-state index contributed by atoms with van der Waals surface area (Å²) in [5.41, 5.74) is 1.06. The van der Waals surface area contributed by atoms with Crippen molar-refractivity contribution in [2.75, 3.05) is 11.8 Å². The predicted octanol–water partition coefficient (Wildman–Crippen LogP) is 1.23. The quantitative estimate of drug-likeness (QED) is 0.641. The van der Waals surface area contributed by atoms with Crippen LogP contribution in [-0.4, -0.2) is 31.5 Å². The zero-order valence-electron chi connectivity index (χ0n) is 11.3. The molecular weight excluding hydrogens is 294 g/mol. The van der Waals surface area contributed by atoms with Crippen molar-refractivity contribution in [2.24, 2.45) is 0 Å². The van der Waals surface area contributed by atoms with Gasteiger partial charge in [-0.3, -0.25) is 4.72 Å². The molecule has 0 aliphatic carbocycles. The lowest BCUT2D eigenvalue weighted by atomic mass is 10.2. The Balaban J connectivity index is 2.30. The van der Waals surface area contributed by atoms with Gasteiger partial charge >= 0.3 is 5.97 Å². The van der Waals surface area contributed by atoms with Gasteiger partial charge in [-0.1, -0.05) is 18.2 Å². The second kappa shape index (κ2) is 5.98. The van der Waals surface area contributed by atoms with E-state index in [0.717, 1.165) is 17.8 Å². The number of carboxylic acid groups (broad SMARTS) is 1. The highest BCUT2D eigenvalue weighted by Crippen LogP contribution is 2.20. The number of benzene rings is 1. The number of aromatic nitrogens is 1. The third kappa shape index (κ3) is 3.41. The number of hydrogen-bond acceptors (Lipinski definition) is 4. The number of carbonyl (C=O) groups is 1. The number of carboxylic acids is 1. The van der Waals surface area contributed by atoms with E-state index in [1.807, 2.05) is 6.07 Å². The lowest BCUT2D eigenvalue weighted by molar-refractivity contribution is 0.0691. The highest BCUT2D eigenvalue weighted by atomic mass is 32.2. The standard InChI is InChI=1S/C13H15N3O4S/c1-14-7-9-4-2-3-5-11(9)16-21(19,20)10-6-12(13(17)18)15-8-10/h2-6,8,14-16H,7H2,1H3,(H,17,18). The van der Waals surface area contributed by atoms with Crippen LogP contribution in [0.25, 0.3) is 0 Å². The van der Waals surface area contributed by atoms with E-state index in [9.17, 15) is 13.2 Å². The summed E-state index contributed by atoms with van der Waals surface area (Å²) in [6, 6.07) is 8.05. The molecule has 1 heterocycles. The van der Waals surface area contributed by atoms with Crippen LogP contribution in [0.5, 0.6) is 0 Å². The molecule has 0 unspecified atom stereocenters. The summed E-state index contributed by atoms with van der Waals surface area (Å²) in [4.78, 5) is 13.1. The number of H-pyrrole nitrogens is 1. The fourth-order valence-corrected chi connectivity index (χ4v) is 2.91. The van der Waals surface area contributed by atoms with Crippen LogP contribution in [0.15, 0.2) is 41.4 Å². The first-order valence-electron chi connectivity index (χ1n) is 6.11. The summed E-state index contributed by atoms with van der Waals surface area (Å²) in [5, 5.41) is 11.8. The Morgan fingerprint density at radius 2 is 2.05 bits per heavy atom. The molecule has 8 heteroatoms. The summed E-state index contributed by atoms with van der Waals surface area (Å²) in [6.07, 6.45) is 1.15. The van der Waals surface area contributed by atoms with Crippen LogP contribution >= 0.6 is 0 Å². The Morgan fingerprint density at radius 3 is 2.67 bits per heavy atom. The van der Waals surface area contributed by atoms with Crippen LogP contribution in [0.3, 0.4) is 0 Å². The van der Waals surface area contributed by atoms with E-state index in [1.54, 1.807) is 25.2 Å². The van der Waals surface area contributed by atoms with E-state index in [2.05, 4.69) is 15.0 Å². The maximum absolute atomic E-state index is 12.2. The van der Waals surface area contributed by atoms with Crippen molar-refractivity contribution < 1.29 is 18.3 Å². The van der Waals surface area contributed by atoms with Crippen molar-refractivity contribution in [1.82, 2.24) is 10.3 Å². The van der Waals surface area contributed by atoms with Gasteiger partial charge in [-0.2, -0.15) is 0 Å². The molecule has 1 aromatic heterocycles. The van der Waals surface area contributed by atoms with Gasteiger partial charge in [0.05, 0.1) is 5.69 Å². The molecule has 2 rings (SSSR count). The van der Waals surface area contributed by atoms with E-state index < -0.39 is 16.0 Å². The van der Waals surface area contributed by atoms with Crippen LogP contribution < -0.4 is 10.0 Å². The number of para-hydroxylation sites is 1. The summed E-state index contributed by atoms with van der Waals surface area (Å²) < 4.78 is 27.0. The van der Waals surface area contributed by atoms with Crippen molar-refractivity contribution in [3.8, 4) is 0 Å². The number of sulfonamides is 1. The highest BCUT2D eigenvalue weighted by molar-refractivity contribution is 7.92. The molecule has 0 saturated carbocycles. The van der Waals surface area contributed by atoms with Crippen molar-refractivity contribution in [3.05, 3.63) is 47.8 Å². The molecule has 0 fully saturated rings. The molecule has 0 aliphatic heterocycles. The number of hydrogen-bond donors (Lipinski definition) is 4. The van der Waals surface area contributed by atoms with Crippen molar-refractivity contribution in [3.63, 3.8) is 0 Å². The number of aromatic carboxylic acids is 1. The minimum absolute atomic E-state index is 0.126. The first-order valence-corrected chi connectivity index (χ1v) is 7.59. The monoisotopic (exact) mass is 309 g/mol. The minimum Gasteiger partial charge on any atom is -0.477 e. The van der Waals surface area contributed by atoms with Crippen molar-refractivity contribution in [1.29, 1.82) is 0 Å². The summed E-state index contributed by atoms with van der Waals surface area (Å²) in [6.45, 7) is 0.506. The normalized spacial score (nSPS) is 11.3. The van der Waals surface area contributed by atoms with Gasteiger partial charge in [-0.25, -0.2) is 13.2 Å². The summed E-state index contributed by atoms with van der Waals surface area (Å²) in [7, 11) is -2.08. The topological polar surface area (TPSA) is 111 Å². The Bertz CT molecular complexity index is 752. The van der Waals surface area contributed by atoms with Crippen molar-refractivity contribution in [2.45, 2.75) is 11.4 Å². The molecule has 0 aliphatic rings. The maximum Gasteiger partial charge on any atom is 0.352 e. The fourth-order valence-electron chi connectivity index (χ4n) is 1.82. The van der Waals surface area contributed by atoms with Crippen molar-refractivity contribution >= 4 is 21.7 Å². The lowest BCUT2D eigenvalue weighted by Gasteiger charge is -2.11. The second-order valence-corrected chi connectivity index (χ2v) is 6.03. The zero-order chi connectivity index (χ0) is 15.5. The van der Waals surface area contributed by atoms with Gasteiger partial charge in [-0.05, 0) is 24.7 Å². The Kier molecular flexibility index (Phi) is 4.29. The summed E-state index contributed by atoms with van der Waals surface area (Å²) >= 11 is 0. The average molecular weight is 309 g/mol. The van der Waals surface area contributed by atoms with Gasteiger partial charge in [-0.15, -0.1) is 0 Å². The van der Waals surface area contributed by atoms with Gasteiger partial charge in [0.2, 0.25) is 0 Å². The zero-order valence-corrected chi connectivity index (χ0v) is 12.1. The molecule has 0 amide bonds. The van der Waals surface area contributed by atoms with Gasteiger partial charge in [0.15, 0.2) is 0 Å². The molecule has 1 aromatic carbocycles. The molecule has 0 radical (unpaired) electrons. The molecule has 7 nitrogen and oxygen atoms in total. The molecule has 4 N–H and O–H groups in total.